The van der Waals surface area contributed by atoms with E-state index < -0.39 is 0 Å². The number of nitrogen functional groups attached to an aromatic ring is 1. The van der Waals surface area contributed by atoms with E-state index in [9.17, 15) is 0 Å². The maximum atomic E-state index is 5.97. The Balaban J connectivity index is 0.00000242. The summed E-state index contributed by atoms with van der Waals surface area (Å²) in [6.07, 6.45) is 1.83. The van der Waals surface area contributed by atoms with Gasteiger partial charge < -0.3 is 10.5 Å². The molecule has 0 saturated carbocycles. The summed E-state index contributed by atoms with van der Waals surface area (Å²) < 4.78 is 5.84. The number of aromatic nitrogens is 1. The van der Waals surface area contributed by atoms with Crippen molar-refractivity contribution < 1.29 is 4.74 Å². The Kier molecular flexibility index (Phi) is 7.72. The van der Waals surface area contributed by atoms with Crippen LogP contribution in [0, 0.1) is 0 Å². The number of nitrogens with two attached hydrogens (primary N) is 1. The first kappa shape index (κ1) is 19.3. The monoisotopic (exact) mass is 381 g/mol. The van der Waals surface area contributed by atoms with Crippen molar-refractivity contribution in [3.63, 3.8) is 0 Å². The summed E-state index contributed by atoms with van der Waals surface area (Å²) in [5, 5.41) is 1.62. The molecule has 4 nitrogen and oxygen atoms in total. The quantitative estimate of drug-likeness (QED) is 0.807. The average molecular weight is 383 g/mol. The Morgan fingerprint density at radius 1 is 1.36 bits per heavy atom. The minimum Gasteiger partial charge on any atom is -0.489 e. The van der Waals surface area contributed by atoms with E-state index in [1.807, 2.05) is 20.0 Å². The van der Waals surface area contributed by atoms with Crippen molar-refractivity contribution in [3.05, 3.63) is 39.3 Å². The largest absolute Gasteiger partial charge is 0.489 e. The molecule has 0 aliphatic heterocycles. The van der Waals surface area contributed by atoms with Gasteiger partial charge in [0.05, 0.1) is 10.0 Å². The third-order valence-corrected chi connectivity index (χ3v) is 4.34. The highest BCUT2D eigenvalue weighted by Crippen LogP contribution is 2.27. The van der Waals surface area contributed by atoms with Crippen molar-refractivity contribution in [1.82, 2.24) is 9.88 Å². The van der Waals surface area contributed by atoms with Crippen molar-refractivity contribution in [2.75, 3.05) is 19.3 Å². The van der Waals surface area contributed by atoms with E-state index in [1.54, 1.807) is 18.3 Å². The van der Waals surface area contributed by atoms with Gasteiger partial charge in [-0.3, -0.25) is 4.90 Å². The first-order chi connectivity index (χ1) is 9.94. The zero-order valence-corrected chi connectivity index (χ0v) is 15.4. The van der Waals surface area contributed by atoms with Crippen LogP contribution in [0.3, 0.4) is 0 Å². The van der Waals surface area contributed by atoms with E-state index in [0.29, 0.717) is 20.9 Å². The summed E-state index contributed by atoms with van der Waals surface area (Å²) in [5.74, 6) is 0.715. The highest BCUT2D eigenvalue weighted by Gasteiger charge is 2.11. The third kappa shape index (κ3) is 5.82. The van der Waals surface area contributed by atoms with Crippen molar-refractivity contribution in [3.8, 4) is 5.75 Å². The highest BCUT2D eigenvalue weighted by molar-refractivity contribution is 7.15. The van der Waals surface area contributed by atoms with Gasteiger partial charge in [-0.05, 0) is 26.1 Å². The molecule has 0 aliphatic carbocycles. The third-order valence-electron chi connectivity index (χ3n) is 2.79. The van der Waals surface area contributed by atoms with Crippen molar-refractivity contribution >= 4 is 52.1 Å². The van der Waals surface area contributed by atoms with Crippen molar-refractivity contribution in [1.29, 1.82) is 0 Å². The van der Waals surface area contributed by atoms with Crippen LogP contribution in [0.1, 0.15) is 11.8 Å². The van der Waals surface area contributed by atoms with Crippen LogP contribution < -0.4 is 10.5 Å². The Morgan fingerprint density at radius 3 is 2.68 bits per heavy atom. The number of nitrogens with zero attached hydrogens (tertiary/aromatic N) is 2. The van der Waals surface area contributed by atoms with E-state index >= 15 is 0 Å². The number of hydrogen-bond donors (Lipinski definition) is 1. The summed E-state index contributed by atoms with van der Waals surface area (Å²) in [6, 6.07) is 5.27. The van der Waals surface area contributed by atoms with Crippen LogP contribution in [-0.4, -0.2) is 29.6 Å². The van der Waals surface area contributed by atoms with Gasteiger partial charge in [0, 0.05) is 30.2 Å². The summed E-state index contributed by atoms with van der Waals surface area (Å²) in [7, 11) is 2.03. The van der Waals surface area contributed by atoms with Crippen molar-refractivity contribution in [2.24, 2.45) is 0 Å². The molecule has 0 amide bonds. The molecule has 1 aromatic carbocycles. The Morgan fingerprint density at radius 2 is 2.09 bits per heavy atom. The molecule has 22 heavy (non-hydrogen) atoms. The van der Waals surface area contributed by atoms with Gasteiger partial charge >= 0.3 is 0 Å². The molecular formula is C14H18Cl3N3OS. The van der Waals surface area contributed by atoms with Crippen LogP contribution in [0.4, 0.5) is 5.13 Å². The van der Waals surface area contributed by atoms with Crippen LogP contribution in [0.25, 0.3) is 0 Å². The number of halogens is 3. The van der Waals surface area contributed by atoms with E-state index in [-0.39, 0.29) is 18.5 Å². The average Bonchev–Trinajstić information content (AvgIpc) is 2.79. The lowest BCUT2D eigenvalue weighted by Crippen LogP contribution is -2.30. The fourth-order valence-electron chi connectivity index (χ4n) is 1.98. The topological polar surface area (TPSA) is 51.4 Å². The van der Waals surface area contributed by atoms with E-state index in [1.165, 1.54) is 11.3 Å². The molecule has 2 aromatic rings. The molecule has 2 rings (SSSR count). The predicted octanol–water partition coefficient (Wildman–Crippen LogP) is 4.35. The second-order valence-corrected chi connectivity index (χ2v) is 6.83. The second-order valence-electron chi connectivity index (χ2n) is 4.87. The minimum absolute atomic E-state index is 0. The summed E-state index contributed by atoms with van der Waals surface area (Å²) in [4.78, 5) is 7.34. The number of thiazole rings is 1. The minimum atomic E-state index is 0. The molecule has 0 radical (unpaired) electrons. The van der Waals surface area contributed by atoms with E-state index in [2.05, 4.69) is 9.88 Å². The molecule has 1 heterocycles. The van der Waals surface area contributed by atoms with Gasteiger partial charge in [0.15, 0.2) is 5.13 Å². The molecule has 0 saturated heterocycles. The standard InChI is InChI=1S/C14H17Cl2N3OS.ClH/c1-9(20-10-3-4-12(15)13(16)5-10)7-19(2)8-11-6-18-14(17)21-11;/h3-6,9H,7-8H2,1-2H3,(H2,17,18);1H. The molecule has 0 fully saturated rings. The van der Waals surface area contributed by atoms with E-state index in [0.717, 1.165) is 18.0 Å². The van der Waals surface area contributed by atoms with Gasteiger partial charge in [-0.1, -0.05) is 23.2 Å². The van der Waals surface area contributed by atoms with Gasteiger partial charge in [-0.25, -0.2) is 4.98 Å². The molecule has 1 aromatic heterocycles. The first-order valence-electron chi connectivity index (χ1n) is 6.44. The highest BCUT2D eigenvalue weighted by atomic mass is 35.5. The van der Waals surface area contributed by atoms with Gasteiger partial charge in [-0.2, -0.15) is 0 Å². The number of anilines is 1. The fourth-order valence-corrected chi connectivity index (χ4v) is 3.04. The van der Waals surface area contributed by atoms with Gasteiger partial charge in [0.25, 0.3) is 0 Å². The predicted molar refractivity (Wildman–Crippen MR) is 96.7 cm³/mol. The van der Waals surface area contributed by atoms with Gasteiger partial charge in [0.2, 0.25) is 0 Å². The molecule has 0 bridgehead atoms. The van der Waals surface area contributed by atoms with Crippen LogP contribution in [-0.2, 0) is 6.54 Å². The molecule has 122 valence electrons. The van der Waals surface area contributed by atoms with Crippen LogP contribution >= 0.6 is 46.9 Å². The molecule has 1 atom stereocenters. The normalized spacial score (nSPS) is 12.0. The molecule has 0 spiro atoms. The Bertz CT molecular complexity index is 609. The molecule has 2 N–H and O–H groups in total. The summed E-state index contributed by atoms with van der Waals surface area (Å²) >= 11 is 13.4. The van der Waals surface area contributed by atoms with E-state index in [4.69, 9.17) is 33.7 Å². The number of ether oxygens (including phenoxy) is 1. The number of likely N-dealkylation sites (N-methyl/N-ethyl adjacent to an activating group) is 1. The smallest absolute Gasteiger partial charge is 0.180 e. The van der Waals surface area contributed by atoms with Crippen LogP contribution in [0.15, 0.2) is 24.4 Å². The molecule has 1 unspecified atom stereocenters. The Labute approximate surface area is 150 Å². The lowest BCUT2D eigenvalue weighted by atomic mass is 10.3. The fraction of sp³-hybridized carbons (Fsp3) is 0.357. The molecule has 0 aliphatic rings. The first-order valence-corrected chi connectivity index (χ1v) is 8.01. The second kappa shape index (κ2) is 8.79. The molecule has 8 heteroatoms. The lowest BCUT2D eigenvalue weighted by molar-refractivity contribution is 0.159. The zero-order chi connectivity index (χ0) is 15.4. The van der Waals surface area contributed by atoms with Crippen molar-refractivity contribution in [2.45, 2.75) is 19.6 Å². The summed E-state index contributed by atoms with van der Waals surface area (Å²) in [6.45, 7) is 3.59. The SMILES string of the molecule is CC(CN(C)Cc1cnc(N)s1)Oc1ccc(Cl)c(Cl)c1.Cl. The molecular weight excluding hydrogens is 365 g/mol. The Hall–Kier alpha value is -0.720. The van der Waals surface area contributed by atoms with Crippen LogP contribution in [0.2, 0.25) is 10.0 Å². The number of rotatable bonds is 6. The zero-order valence-electron chi connectivity index (χ0n) is 12.3. The lowest BCUT2D eigenvalue weighted by Gasteiger charge is -2.21. The number of hydrogen-bond acceptors (Lipinski definition) is 5. The summed E-state index contributed by atoms with van der Waals surface area (Å²) in [5.41, 5.74) is 5.63. The number of benzene rings is 1. The maximum absolute atomic E-state index is 5.97. The van der Waals surface area contributed by atoms with Crippen LogP contribution in [0.5, 0.6) is 5.75 Å². The maximum Gasteiger partial charge on any atom is 0.180 e. The van der Waals surface area contributed by atoms with Gasteiger partial charge in [0.1, 0.15) is 11.9 Å². The van der Waals surface area contributed by atoms with Gasteiger partial charge in [-0.15, -0.1) is 23.7 Å².